The van der Waals surface area contributed by atoms with E-state index in [0.717, 1.165) is 11.3 Å². The number of hydrogen-bond donors (Lipinski definition) is 0. The maximum absolute atomic E-state index is 13.9. The van der Waals surface area contributed by atoms with Crippen molar-refractivity contribution in [2.24, 2.45) is 10.8 Å². The standard InChI is InChI=1S/C25H26N2O4/c1-5-30-23(29)25(15-26)19-13-12-16-9-6-7-10-17(16)27(19)21(22(28)24(2,3)4)20(25)18-11-8-14-31-18/h6-14,19-21H,5H2,1-4H3/t19-,20-,21+,25-/m1/s1. The molecule has 0 bridgehead atoms. The fourth-order valence-corrected chi connectivity index (χ4v) is 4.84. The monoisotopic (exact) mass is 418 g/mol. The van der Waals surface area contributed by atoms with E-state index in [4.69, 9.17) is 9.15 Å². The third-order valence-electron chi connectivity index (χ3n) is 6.20. The Morgan fingerprint density at radius 3 is 2.58 bits per heavy atom. The van der Waals surface area contributed by atoms with Crippen LogP contribution < -0.4 is 4.90 Å². The van der Waals surface area contributed by atoms with Crippen LogP contribution in [0.2, 0.25) is 0 Å². The molecule has 31 heavy (non-hydrogen) atoms. The number of para-hydroxylation sites is 1. The van der Waals surface area contributed by atoms with Crippen molar-refractivity contribution in [2.75, 3.05) is 11.5 Å². The number of ketones is 1. The molecule has 0 aliphatic carbocycles. The number of ether oxygens (including phenoxy) is 1. The van der Waals surface area contributed by atoms with Gasteiger partial charge in [0.15, 0.2) is 11.2 Å². The summed E-state index contributed by atoms with van der Waals surface area (Å²) in [6.45, 7) is 7.41. The van der Waals surface area contributed by atoms with Crippen LogP contribution in [0.25, 0.3) is 6.08 Å². The first-order valence-electron chi connectivity index (χ1n) is 10.5. The van der Waals surface area contributed by atoms with E-state index in [9.17, 15) is 14.9 Å². The van der Waals surface area contributed by atoms with Gasteiger partial charge in [0, 0.05) is 11.1 Å². The molecule has 1 saturated heterocycles. The lowest BCUT2D eigenvalue weighted by atomic mass is 9.68. The number of benzene rings is 1. The Morgan fingerprint density at radius 1 is 1.23 bits per heavy atom. The normalized spacial score (nSPS) is 26.7. The second-order valence-corrected chi connectivity index (χ2v) is 9.02. The first-order chi connectivity index (χ1) is 14.8. The highest BCUT2D eigenvalue weighted by Crippen LogP contribution is 2.57. The van der Waals surface area contributed by atoms with E-state index < -0.39 is 34.8 Å². The molecule has 0 N–H and O–H groups in total. The number of carbonyl (C=O) groups excluding carboxylic acids is 2. The summed E-state index contributed by atoms with van der Waals surface area (Å²) >= 11 is 0. The molecule has 2 aliphatic rings. The van der Waals surface area contributed by atoms with Crippen molar-refractivity contribution in [3.8, 4) is 6.07 Å². The second kappa shape index (κ2) is 7.42. The molecule has 4 atom stereocenters. The van der Waals surface area contributed by atoms with E-state index in [1.54, 1.807) is 19.1 Å². The van der Waals surface area contributed by atoms with Crippen LogP contribution >= 0.6 is 0 Å². The summed E-state index contributed by atoms with van der Waals surface area (Å²) in [5, 5.41) is 10.5. The van der Waals surface area contributed by atoms with E-state index in [2.05, 4.69) is 6.07 Å². The molecular weight excluding hydrogens is 392 g/mol. The number of anilines is 1. The van der Waals surface area contributed by atoms with E-state index in [0.29, 0.717) is 5.76 Å². The Morgan fingerprint density at radius 2 is 1.97 bits per heavy atom. The summed E-state index contributed by atoms with van der Waals surface area (Å²) in [6.07, 6.45) is 5.25. The number of esters is 1. The average Bonchev–Trinajstić information content (AvgIpc) is 3.37. The Labute approximate surface area is 182 Å². The minimum absolute atomic E-state index is 0.0644. The van der Waals surface area contributed by atoms with Gasteiger partial charge in [-0.3, -0.25) is 9.59 Å². The van der Waals surface area contributed by atoms with Crippen LogP contribution in [0.3, 0.4) is 0 Å². The van der Waals surface area contributed by atoms with Crippen LogP contribution in [0.4, 0.5) is 5.69 Å². The molecule has 0 amide bonds. The Balaban J connectivity index is 2.04. The Hall–Kier alpha value is -3.33. The molecular formula is C25H26N2O4. The van der Waals surface area contributed by atoms with Gasteiger partial charge in [0.05, 0.1) is 30.9 Å². The lowest BCUT2D eigenvalue weighted by Gasteiger charge is -2.37. The number of hydrogen-bond acceptors (Lipinski definition) is 6. The number of Topliss-reactive ketones (excluding diaryl/α,β-unsaturated/α-hetero) is 1. The topological polar surface area (TPSA) is 83.5 Å². The van der Waals surface area contributed by atoms with Gasteiger partial charge in [-0.15, -0.1) is 0 Å². The lowest BCUT2D eigenvalue weighted by Crippen LogP contribution is -2.48. The first-order valence-corrected chi connectivity index (χ1v) is 10.5. The predicted octanol–water partition coefficient (Wildman–Crippen LogP) is 4.34. The number of rotatable bonds is 4. The van der Waals surface area contributed by atoms with Crippen molar-refractivity contribution >= 4 is 23.5 Å². The van der Waals surface area contributed by atoms with Crippen LogP contribution in [-0.2, 0) is 14.3 Å². The highest BCUT2D eigenvalue weighted by Gasteiger charge is 2.68. The number of nitrogens with zero attached hydrogens (tertiary/aromatic N) is 2. The van der Waals surface area contributed by atoms with Crippen molar-refractivity contribution in [2.45, 2.75) is 45.7 Å². The largest absolute Gasteiger partial charge is 0.469 e. The molecule has 1 aromatic carbocycles. The summed E-state index contributed by atoms with van der Waals surface area (Å²) in [5.41, 5.74) is -0.586. The summed E-state index contributed by atoms with van der Waals surface area (Å²) in [4.78, 5) is 29.2. The van der Waals surface area contributed by atoms with Crippen molar-refractivity contribution in [1.82, 2.24) is 0 Å². The average molecular weight is 418 g/mol. The molecule has 6 heteroatoms. The lowest BCUT2D eigenvalue weighted by molar-refractivity contribution is -0.153. The molecule has 1 fully saturated rings. The van der Waals surface area contributed by atoms with Crippen molar-refractivity contribution in [1.29, 1.82) is 5.26 Å². The van der Waals surface area contributed by atoms with Gasteiger partial charge in [-0.2, -0.15) is 5.26 Å². The zero-order chi connectivity index (χ0) is 22.4. The number of fused-ring (bicyclic) bond motifs is 3. The zero-order valence-corrected chi connectivity index (χ0v) is 18.2. The maximum atomic E-state index is 13.9. The summed E-state index contributed by atoms with van der Waals surface area (Å²) < 4.78 is 11.2. The smallest absolute Gasteiger partial charge is 0.329 e. The first kappa shape index (κ1) is 20.9. The van der Waals surface area contributed by atoms with Gasteiger partial charge in [0.25, 0.3) is 0 Å². The van der Waals surface area contributed by atoms with Gasteiger partial charge in [-0.05, 0) is 30.7 Å². The molecule has 3 heterocycles. The highest BCUT2D eigenvalue weighted by molar-refractivity contribution is 5.99. The second-order valence-electron chi connectivity index (χ2n) is 9.02. The van der Waals surface area contributed by atoms with Crippen LogP contribution in [-0.4, -0.2) is 30.4 Å². The van der Waals surface area contributed by atoms with Crippen LogP contribution in [0.1, 0.15) is 44.9 Å². The molecule has 0 radical (unpaired) electrons. The van der Waals surface area contributed by atoms with E-state index in [1.807, 2.05) is 62.1 Å². The van der Waals surface area contributed by atoms with Crippen molar-refractivity contribution in [3.63, 3.8) is 0 Å². The van der Waals surface area contributed by atoms with E-state index in [-0.39, 0.29) is 12.4 Å². The van der Waals surface area contributed by atoms with Gasteiger partial charge >= 0.3 is 5.97 Å². The van der Waals surface area contributed by atoms with Crippen molar-refractivity contribution < 1.29 is 18.7 Å². The molecule has 0 unspecified atom stereocenters. The van der Waals surface area contributed by atoms with Gasteiger partial charge in [-0.1, -0.05) is 51.1 Å². The summed E-state index contributed by atoms with van der Waals surface area (Å²) in [5.74, 6) is -1.09. The van der Waals surface area contributed by atoms with Crippen LogP contribution in [0, 0.1) is 22.2 Å². The number of furan rings is 1. The quantitative estimate of drug-likeness (QED) is 0.687. The third-order valence-corrected chi connectivity index (χ3v) is 6.20. The third kappa shape index (κ3) is 2.99. The molecule has 2 aliphatic heterocycles. The fourth-order valence-electron chi connectivity index (χ4n) is 4.84. The molecule has 160 valence electrons. The molecule has 1 aromatic heterocycles. The number of nitriles is 1. The summed E-state index contributed by atoms with van der Waals surface area (Å²) in [6, 6.07) is 12.0. The Kier molecular flexibility index (Phi) is 5.01. The van der Waals surface area contributed by atoms with Gasteiger partial charge in [-0.25, -0.2) is 0 Å². The molecule has 0 saturated carbocycles. The minimum atomic E-state index is -1.64. The molecule has 4 rings (SSSR count). The fraction of sp³-hybridized carbons (Fsp3) is 0.400. The molecule has 2 aromatic rings. The van der Waals surface area contributed by atoms with Crippen LogP contribution in [0.5, 0.6) is 0 Å². The molecule has 6 nitrogen and oxygen atoms in total. The minimum Gasteiger partial charge on any atom is -0.469 e. The SMILES string of the molecule is CCOC(=O)[C@@]1(C#N)[C@H](c2ccco2)[C@@H](C(=O)C(C)(C)C)N2c3ccccc3C=C[C@@H]21. The Bertz CT molecular complexity index is 1070. The zero-order valence-electron chi connectivity index (χ0n) is 18.2. The van der Waals surface area contributed by atoms with E-state index >= 15 is 0 Å². The number of carbonyl (C=O) groups is 2. The van der Waals surface area contributed by atoms with E-state index in [1.165, 1.54) is 6.26 Å². The van der Waals surface area contributed by atoms with Crippen molar-refractivity contribution in [3.05, 3.63) is 60.1 Å². The summed E-state index contributed by atoms with van der Waals surface area (Å²) in [7, 11) is 0. The molecule has 0 spiro atoms. The highest BCUT2D eigenvalue weighted by atomic mass is 16.5. The van der Waals surface area contributed by atoms with Crippen LogP contribution in [0.15, 0.2) is 53.2 Å². The predicted molar refractivity (Wildman–Crippen MR) is 116 cm³/mol. The van der Waals surface area contributed by atoms with Gasteiger partial charge < -0.3 is 14.1 Å². The van der Waals surface area contributed by atoms with Gasteiger partial charge in [0.2, 0.25) is 0 Å². The van der Waals surface area contributed by atoms with Gasteiger partial charge in [0.1, 0.15) is 11.8 Å². The maximum Gasteiger partial charge on any atom is 0.329 e.